The molecule has 8 heteroatoms. The fraction of sp³-hybridized carbons (Fsp3) is 0.200. The van der Waals surface area contributed by atoms with Gasteiger partial charge in [0.25, 0.3) is 5.91 Å². The second-order valence-corrected chi connectivity index (χ2v) is 5.20. The lowest BCUT2D eigenvalue weighted by molar-refractivity contribution is 0.102. The summed E-state index contributed by atoms with van der Waals surface area (Å²) >= 11 is 0. The van der Waals surface area contributed by atoms with Crippen molar-refractivity contribution in [1.29, 1.82) is 0 Å². The molecule has 0 radical (unpaired) electrons. The van der Waals surface area contributed by atoms with Gasteiger partial charge in [0.2, 0.25) is 0 Å². The smallest absolute Gasteiger partial charge is 0.258 e. The summed E-state index contributed by atoms with van der Waals surface area (Å²) < 4.78 is 20.7. The third-order valence-corrected chi connectivity index (χ3v) is 3.23. The van der Waals surface area contributed by atoms with E-state index in [4.69, 9.17) is 4.42 Å². The lowest BCUT2D eigenvalue weighted by atomic mass is 10.1. The molecule has 3 rings (SSSR count). The second-order valence-electron chi connectivity index (χ2n) is 5.20. The first-order chi connectivity index (χ1) is 11.1. The van der Waals surface area contributed by atoms with E-state index >= 15 is 0 Å². The molecule has 0 unspecified atom stereocenters. The van der Waals surface area contributed by atoms with Gasteiger partial charge in [0.15, 0.2) is 5.82 Å². The van der Waals surface area contributed by atoms with Crippen molar-refractivity contribution in [3.05, 3.63) is 48.2 Å². The van der Waals surface area contributed by atoms with Gasteiger partial charge in [-0.05, 0) is 48.5 Å². The average molecular weight is 315 g/mol. The van der Waals surface area contributed by atoms with E-state index in [0.29, 0.717) is 17.1 Å². The second kappa shape index (κ2) is 5.99. The molecule has 0 aliphatic carbocycles. The molecule has 0 aliphatic heterocycles. The normalized spacial score (nSPS) is 11.0. The van der Waals surface area contributed by atoms with Crippen LogP contribution in [0.15, 0.2) is 41.2 Å². The highest BCUT2D eigenvalue weighted by atomic mass is 19.1. The maximum absolute atomic E-state index is 14.4. The van der Waals surface area contributed by atoms with Gasteiger partial charge in [-0.15, -0.1) is 5.10 Å². The van der Waals surface area contributed by atoms with Crippen LogP contribution in [0.3, 0.4) is 0 Å². The molecule has 0 spiro atoms. The van der Waals surface area contributed by atoms with Gasteiger partial charge in [0, 0.05) is 5.69 Å². The molecule has 0 atom stereocenters. The first-order valence-corrected chi connectivity index (χ1v) is 6.97. The summed E-state index contributed by atoms with van der Waals surface area (Å²) in [4.78, 5) is 11.9. The number of nitrogens with zero attached hydrogens (tertiary/aromatic N) is 4. The highest BCUT2D eigenvalue weighted by Crippen LogP contribution is 2.25. The van der Waals surface area contributed by atoms with Gasteiger partial charge in [0.05, 0.1) is 23.4 Å². The number of furan rings is 1. The SMILES string of the molecule is CC(C)n1nnnc1-c1ccc(NC(=O)c2ccoc2)cc1F. The van der Waals surface area contributed by atoms with Crippen molar-refractivity contribution in [2.24, 2.45) is 0 Å². The zero-order valence-corrected chi connectivity index (χ0v) is 12.5. The van der Waals surface area contributed by atoms with Gasteiger partial charge < -0.3 is 9.73 Å². The Morgan fingerprint density at radius 2 is 2.17 bits per heavy atom. The van der Waals surface area contributed by atoms with Gasteiger partial charge in [-0.1, -0.05) is 0 Å². The van der Waals surface area contributed by atoms with Gasteiger partial charge in [-0.25, -0.2) is 9.07 Å². The van der Waals surface area contributed by atoms with Crippen molar-refractivity contribution in [2.75, 3.05) is 5.32 Å². The Morgan fingerprint density at radius 1 is 1.35 bits per heavy atom. The van der Waals surface area contributed by atoms with Crippen LogP contribution >= 0.6 is 0 Å². The minimum Gasteiger partial charge on any atom is -0.472 e. The van der Waals surface area contributed by atoms with E-state index in [1.807, 2.05) is 13.8 Å². The first-order valence-electron chi connectivity index (χ1n) is 6.97. The van der Waals surface area contributed by atoms with Crippen molar-refractivity contribution >= 4 is 11.6 Å². The number of nitrogens with one attached hydrogen (secondary N) is 1. The summed E-state index contributed by atoms with van der Waals surface area (Å²) in [6.07, 6.45) is 2.71. The van der Waals surface area contributed by atoms with Gasteiger partial charge in [-0.2, -0.15) is 0 Å². The van der Waals surface area contributed by atoms with Crippen LogP contribution in [0, 0.1) is 5.82 Å². The third kappa shape index (κ3) is 2.96. The maximum atomic E-state index is 14.4. The number of carbonyl (C=O) groups is 1. The number of benzene rings is 1. The van der Waals surface area contributed by atoms with Crippen molar-refractivity contribution in [3.63, 3.8) is 0 Å². The highest BCUT2D eigenvalue weighted by Gasteiger charge is 2.16. The summed E-state index contributed by atoms with van der Waals surface area (Å²) in [7, 11) is 0. The zero-order chi connectivity index (χ0) is 16.4. The van der Waals surface area contributed by atoms with Crippen molar-refractivity contribution < 1.29 is 13.6 Å². The standard InChI is InChI=1S/C15H14FN5O2/c1-9(2)21-14(18-19-20-21)12-4-3-11(7-13(12)16)17-15(22)10-5-6-23-8-10/h3-9H,1-2H3,(H,17,22). The van der Waals surface area contributed by atoms with Gasteiger partial charge in [-0.3, -0.25) is 4.79 Å². The molecule has 1 amide bonds. The predicted molar refractivity (Wildman–Crippen MR) is 80.3 cm³/mol. The van der Waals surface area contributed by atoms with Gasteiger partial charge >= 0.3 is 0 Å². The topological polar surface area (TPSA) is 85.8 Å². The fourth-order valence-electron chi connectivity index (χ4n) is 2.09. The van der Waals surface area contributed by atoms with Crippen molar-refractivity contribution in [1.82, 2.24) is 20.2 Å². The molecule has 0 saturated heterocycles. The summed E-state index contributed by atoms with van der Waals surface area (Å²) in [5.41, 5.74) is 0.962. The predicted octanol–water partition coefficient (Wildman–Crippen LogP) is 2.91. The number of hydrogen-bond acceptors (Lipinski definition) is 5. The number of carbonyl (C=O) groups excluding carboxylic acids is 1. The van der Waals surface area contributed by atoms with Crippen LogP contribution in [0.5, 0.6) is 0 Å². The van der Waals surface area contributed by atoms with Crippen LogP contribution in [0.2, 0.25) is 0 Å². The Hall–Kier alpha value is -3.03. The van der Waals surface area contributed by atoms with Crippen LogP contribution in [-0.2, 0) is 0 Å². The van der Waals surface area contributed by atoms with Gasteiger partial charge in [0.1, 0.15) is 12.1 Å². The largest absolute Gasteiger partial charge is 0.472 e. The fourth-order valence-corrected chi connectivity index (χ4v) is 2.09. The Labute approximate surface area is 131 Å². The summed E-state index contributed by atoms with van der Waals surface area (Å²) in [5.74, 6) is -0.560. The lowest BCUT2D eigenvalue weighted by Crippen LogP contribution is -2.11. The maximum Gasteiger partial charge on any atom is 0.258 e. The summed E-state index contributed by atoms with van der Waals surface area (Å²) in [6, 6.07) is 5.88. The molecule has 0 fully saturated rings. The molecule has 118 valence electrons. The highest BCUT2D eigenvalue weighted by molar-refractivity contribution is 6.04. The van der Waals surface area contributed by atoms with Crippen molar-refractivity contribution in [2.45, 2.75) is 19.9 Å². The van der Waals surface area contributed by atoms with Crippen molar-refractivity contribution in [3.8, 4) is 11.4 Å². The number of hydrogen-bond donors (Lipinski definition) is 1. The minimum atomic E-state index is -0.522. The van der Waals surface area contributed by atoms with Crippen LogP contribution in [0.1, 0.15) is 30.2 Å². The number of rotatable bonds is 4. The summed E-state index contributed by atoms with van der Waals surface area (Å²) in [6.45, 7) is 3.80. The minimum absolute atomic E-state index is 0.000120. The zero-order valence-electron chi connectivity index (χ0n) is 12.5. The van der Waals surface area contributed by atoms with Crippen LogP contribution < -0.4 is 5.32 Å². The number of amides is 1. The molecule has 0 saturated carbocycles. The number of anilines is 1. The average Bonchev–Trinajstić information content (AvgIpc) is 3.19. The number of aromatic nitrogens is 4. The number of tetrazole rings is 1. The first kappa shape index (κ1) is 14.9. The van der Waals surface area contributed by atoms with E-state index in [2.05, 4.69) is 20.8 Å². The molecule has 1 N–H and O–H groups in total. The molecule has 3 aromatic rings. The Balaban J connectivity index is 1.86. The molecule has 23 heavy (non-hydrogen) atoms. The third-order valence-electron chi connectivity index (χ3n) is 3.23. The van der Waals surface area contributed by atoms with E-state index in [1.54, 1.807) is 6.07 Å². The summed E-state index contributed by atoms with van der Waals surface area (Å²) in [5, 5.41) is 13.9. The number of halogens is 1. The molecule has 0 aliphatic rings. The van der Waals surface area contributed by atoms with Crippen LogP contribution in [-0.4, -0.2) is 26.1 Å². The molecular formula is C15H14FN5O2. The lowest BCUT2D eigenvalue weighted by Gasteiger charge is -2.10. The monoisotopic (exact) mass is 315 g/mol. The molecule has 7 nitrogen and oxygen atoms in total. The quantitative estimate of drug-likeness (QED) is 0.800. The van der Waals surface area contributed by atoms with Crippen LogP contribution in [0.25, 0.3) is 11.4 Å². The Morgan fingerprint density at radius 3 is 2.83 bits per heavy atom. The van der Waals surface area contributed by atoms with Crippen LogP contribution in [0.4, 0.5) is 10.1 Å². The van der Waals surface area contributed by atoms with E-state index in [0.717, 1.165) is 0 Å². The molecule has 2 aromatic heterocycles. The molecule has 0 bridgehead atoms. The van der Waals surface area contributed by atoms with E-state index in [-0.39, 0.29) is 17.5 Å². The Kier molecular flexibility index (Phi) is 3.88. The van der Waals surface area contributed by atoms with E-state index in [1.165, 1.54) is 35.4 Å². The van der Waals surface area contributed by atoms with E-state index < -0.39 is 5.82 Å². The van der Waals surface area contributed by atoms with E-state index in [9.17, 15) is 9.18 Å². The molecule has 1 aromatic carbocycles. The molecular weight excluding hydrogens is 301 g/mol. The molecule has 2 heterocycles. The Bertz CT molecular complexity index is 826.